The van der Waals surface area contributed by atoms with E-state index in [1.165, 1.54) is 0 Å². The molecule has 0 aliphatic heterocycles. The average Bonchev–Trinajstić information content (AvgIpc) is 2.97. The van der Waals surface area contributed by atoms with Gasteiger partial charge < -0.3 is 11.1 Å². The summed E-state index contributed by atoms with van der Waals surface area (Å²) >= 11 is 1.55. The lowest BCUT2D eigenvalue weighted by atomic mass is 10.1. The molecular weight excluding hydrogens is 280 g/mol. The van der Waals surface area contributed by atoms with Crippen molar-refractivity contribution >= 4 is 27.8 Å². The van der Waals surface area contributed by atoms with E-state index in [0.29, 0.717) is 0 Å². The number of aryl methyl sites for hydroxylation is 1. The van der Waals surface area contributed by atoms with E-state index in [2.05, 4.69) is 22.2 Å². The maximum absolute atomic E-state index is 6.01. The van der Waals surface area contributed by atoms with Crippen LogP contribution in [0.5, 0.6) is 0 Å². The van der Waals surface area contributed by atoms with Crippen LogP contribution in [0.25, 0.3) is 11.4 Å². The molecule has 1 aromatic carbocycles. The van der Waals surface area contributed by atoms with Crippen molar-refractivity contribution in [3.63, 3.8) is 0 Å². The molecule has 0 atom stereocenters. The second kappa shape index (κ2) is 5.93. The van der Waals surface area contributed by atoms with Crippen LogP contribution < -0.4 is 11.1 Å². The Kier molecular flexibility index (Phi) is 3.83. The second-order valence-corrected chi connectivity index (χ2v) is 5.50. The molecule has 0 saturated carbocycles. The zero-order valence-electron chi connectivity index (χ0n) is 11.7. The number of benzene rings is 1. The van der Waals surface area contributed by atoms with Crippen LogP contribution in [0.3, 0.4) is 0 Å². The lowest BCUT2D eigenvalue weighted by Crippen LogP contribution is -1.96. The van der Waals surface area contributed by atoms with Crippen LogP contribution in [-0.4, -0.2) is 9.97 Å². The van der Waals surface area contributed by atoms with Crippen LogP contribution in [0.1, 0.15) is 12.5 Å². The normalized spacial score (nSPS) is 10.5. The van der Waals surface area contributed by atoms with Gasteiger partial charge in [0.1, 0.15) is 5.69 Å². The third kappa shape index (κ3) is 3.03. The van der Waals surface area contributed by atoms with Gasteiger partial charge >= 0.3 is 0 Å². The molecule has 0 bridgehead atoms. The van der Waals surface area contributed by atoms with E-state index >= 15 is 0 Å². The Morgan fingerprint density at radius 3 is 2.81 bits per heavy atom. The Hall–Kier alpha value is -2.40. The molecule has 0 amide bonds. The Morgan fingerprint density at radius 1 is 1.19 bits per heavy atom. The molecule has 5 heteroatoms. The summed E-state index contributed by atoms with van der Waals surface area (Å²) in [6, 6.07) is 11.8. The quantitative estimate of drug-likeness (QED) is 0.712. The van der Waals surface area contributed by atoms with Gasteiger partial charge in [0.2, 0.25) is 0 Å². The summed E-state index contributed by atoms with van der Waals surface area (Å²) in [5.41, 5.74) is 10.7. The number of thiazole rings is 1. The van der Waals surface area contributed by atoms with Crippen LogP contribution in [0.15, 0.2) is 48.0 Å². The molecule has 2 aromatic heterocycles. The van der Waals surface area contributed by atoms with Gasteiger partial charge in [-0.3, -0.25) is 4.98 Å². The number of nitrogens with two attached hydrogens (primary N) is 1. The molecular formula is C16H16N4S. The average molecular weight is 296 g/mol. The lowest BCUT2D eigenvalue weighted by Gasteiger charge is -2.07. The van der Waals surface area contributed by atoms with Crippen LogP contribution >= 0.6 is 11.3 Å². The van der Waals surface area contributed by atoms with Crippen molar-refractivity contribution in [1.82, 2.24) is 9.97 Å². The van der Waals surface area contributed by atoms with Crippen LogP contribution in [-0.2, 0) is 6.42 Å². The van der Waals surface area contributed by atoms with E-state index in [1.807, 2.05) is 41.8 Å². The van der Waals surface area contributed by atoms with E-state index in [0.717, 1.165) is 39.9 Å². The first-order chi connectivity index (χ1) is 10.3. The van der Waals surface area contributed by atoms with Crippen molar-refractivity contribution in [1.29, 1.82) is 0 Å². The number of hydrogen-bond acceptors (Lipinski definition) is 5. The highest BCUT2D eigenvalue weighted by Crippen LogP contribution is 2.27. The molecule has 0 saturated heterocycles. The van der Waals surface area contributed by atoms with Gasteiger partial charge in [0.05, 0.1) is 5.69 Å². The number of rotatable bonds is 4. The van der Waals surface area contributed by atoms with Gasteiger partial charge in [-0.25, -0.2) is 4.98 Å². The Bertz CT molecular complexity index is 737. The van der Waals surface area contributed by atoms with Crippen LogP contribution in [0.2, 0.25) is 0 Å². The summed E-state index contributed by atoms with van der Waals surface area (Å²) in [5, 5.41) is 6.11. The van der Waals surface area contributed by atoms with Crippen molar-refractivity contribution in [3.05, 3.63) is 53.5 Å². The standard InChI is InChI=1S/C16H16N4S/c1-2-11-6-7-12(9-13(11)17)19-16-20-15(10-21-16)14-5-3-4-8-18-14/h3-10H,2,17H2,1H3,(H,19,20). The van der Waals surface area contributed by atoms with Gasteiger partial charge in [-0.05, 0) is 36.2 Å². The zero-order chi connectivity index (χ0) is 14.7. The van der Waals surface area contributed by atoms with Crippen LogP contribution in [0.4, 0.5) is 16.5 Å². The number of nitrogens with one attached hydrogen (secondary N) is 1. The molecule has 0 fully saturated rings. The van der Waals surface area contributed by atoms with Crippen molar-refractivity contribution in [3.8, 4) is 11.4 Å². The lowest BCUT2D eigenvalue weighted by molar-refractivity contribution is 1.14. The maximum atomic E-state index is 6.01. The predicted molar refractivity (Wildman–Crippen MR) is 88.9 cm³/mol. The molecule has 0 spiro atoms. The molecule has 0 aliphatic rings. The fourth-order valence-electron chi connectivity index (χ4n) is 2.08. The molecule has 0 aliphatic carbocycles. The van der Waals surface area contributed by atoms with Crippen molar-refractivity contribution in [2.24, 2.45) is 0 Å². The smallest absolute Gasteiger partial charge is 0.187 e. The number of anilines is 3. The minimum absolute atomic E-state index is 0.809. The predicted octanol–water partition coefficient (Wildman–Crippen LogP) is 4.09. The number of pyridine rings is 1. The summed E-state index contributed by atoms with van der Waals surface area (Å²) in [5.74, 6) is 0. The fourth-order valence-corrected chi connectivity index (χ4v) is 2.81. The van der Waals surface area contributed by atoms with Gasteiger partial charge in [0.15, 0.2) is 5.13 Å². The summed E-state index contributed by atoms with van der Waals surface area (Å²) in [6.07, 6.45) is 2.71. The highest BCUT2D eigenvalue weighted by molar-refractivity contribution is 7.14. The monoisotopic (exact) mass is 296 g/mol. The number of hydrogen-bond donors (Lipinski definition) is 2. The Labute approximate surface area is 127 Å². The molecule has 2 heterocycles. The topological polar surface area (TPSA) is 63.8 Å². The van der Waals surface area contributed by atoms with Gasteiger partial charge in [0.25, 0.3) is 0 Å². The van der Waals surface area contributed by atoms with Gasteiger partial charge in [-0.1, -0.05) is 19.1 Å². The first-order valence-corrected chi connectivity index (χ1v) is 7.66. The third-order valence-corrected chi connectivity index (χ3v) is 3.97. The third-order valence-electron chi connectivity index (χ3n) is 3.21. The highest BCUT2D eigenvalue weighted by atomic mass is 32.1. The fraction of sp³-hybridized carbons (Fsp3) is 0.125. The molecule has 4 nitrogen and oxygen atoms in total. The number of nitrogens with zero attached hydrogens (tertiary/aromatic N) is 2. The van der Waals surface area contributed by atoms with E-state index in [4.69, 9.17) is 5.73 Å². The zero-order valence-corrected chi connectivity index (χ0v) is 12.5. The summed E-state index contributed by atoms with van der Waals surface area (Å²) in [7, 11) is 0. The summed E-state index contributed by atoms with van der Waals surface area (Å²) in [6.45, 7) is 2.10. The van der Waals surface area contributed by atoms with E-state index in [9.17, 15) is 0 Å². The van der Waals surface area contributed by atoms with Crippen LogP contribution in [0, 0.1) is 0 Å². The first kappa shape index (κ1) is 13.6. The molecule has 106 valence electrons. The minimum atomic E-state index is 0.809. The largest absolute Gasteiger partial charge is 0.398 e. The van der Waals surface area contributed by atoms with Gasteiger partial charge in [0, 0.05) is 23.0 Å². The van der Waals surface area contributed by atoms with Gasteiger partial charge in [-0.15, -0.1) is 11.3 Å². The molecule has 3 rings (SSSR count). The minimum Gasteiger partial charge on any atom is -0.398 e. The number of aromatic nitrogens is 2. The Morgan fingerprint density at radius 2 is 2.10 bits per heavy atom. The maximum Gasteiger partial charge on any atom is 0.187 e. The molecule has 0 radical (unpaired) electrons. The van der Waals surface area contributed by atoms with Crippen molar-refractivity contribution in [2.75, 3.05) is 11.1 Å². The van der Waals surface area contributed by atoms with Crippen molar-refractivity contribution < 1.29 is 0 Å². The Balaban J connectivity index is 1.80. The van der Waals surface area contributed by atoms with E-state index in [-0.39, 0.29) is 0 Å². The number of nitrogen functional groups attached to an aromatic ring is 1. The summed E-state index contributed by atoms with van der Waals surface area (Å²) < 4.78 is 0. The van der Waals surface area contributed by atoms with E-state index < -0.39 is 0 Å². The first-order valence-electron chi connectivity index (χ1n) is 6.78. The molecule has 21 heavy (non-hydrogen) atoms. The second-order valence-electron chi connectivity index (χ2n) is 4.65. The van der Waals surface area contributed by atoms with Gasteiger partial charge in [-0.2, -0.15) is 0 Å². The summed E-state index contributed by atoms with van der Waals surface area (Å²) in [4.78, 5) is 8.85. The molecule has 3 N–H and O–H groups in total. The van der Waals surface area contributed by atoms with E-state index in [1.54, 1.807) is 17.5 Å². The highest BCUT2D eigenvalue weighted by Gasteiger charge is 2.06. The van der Waals surface area contributed by atoms with Crippen molar-refractivity contribution in [2.45, 2.75) is 13.3 Å². The SMILES string of the molecule is CCc1ccc(Nc2nc(-c3ccccn3)cs2)cc1N. The molecule has 3 aromatic rings. The molecule has 0 unspecified atom stereocenters.